The van der Waals surface area contributed by atoms with E-state index in [0.717, 1.165) is 23.6 Å². The van der Waals surface area contributed by atoms with E-state index in [-0.39, 0.29) is 0 Å². The van der Waals surface area contributed by atoms with Crippen LogP contribution in [0, 0.1) is 6.92 Å². The normalized spacial score (nSPS) is 20.2. The molecule has 3 heterocycles. The zero-order valence-corrected chi connectivity index (χ0v) is 11.9. The fourth-order valence-corrected chi connectivity index (χ4v) is 4.66. The average Bonchev–Trinajstić information content (AvgIpc) is 2.78. The Bertz CT molecular complexity index is 534. The third kappa shape index (κ3) is 2.59. The van der Waals surface area contributed by atoms with Gasteiger partial charge in [-0.1, -0.05) is 0 Å². The van der Waals surface area contributed by atoms with Crippen molar-refractivity contribution in [1.82, 2.24) is 14.6 Å². The lowest BCUT2D eigenvalue weighted by molar-refractivity contribution is 0.916. The van der Waals surface area contributed by atoms with Crippen molar-refractivity contribution in [2.24, 2.45) is 0 Å². The van der Waals surface area contributed by atoms with Crippen molar-refractivity contribution in [1.29, 1.82) is 0 Å². The van der Waals surface area contributed by atoms with Crippen molar-refractivity contribution in [2.75, 3.05) is 29.1 Å². The number of nitrogens with one attached hydrogen (secondary N) is 1. The molecule has 0 radical (unpaired) electrons. The van der Waals surface area contributed by atoms with Gasteiger partial charge in [0.05, 0.1) is 5.69 Å². The molecule has 4 nitrogen and oxygen atoms in total. The van der Waals surface area contributed by atoms with Crippen molar-refractivity contribution >= 4 is 34.9 Å². The molecule has 3 rings (SSSR count). The lowest BCUT2D eigenvalue weighted by Gasteiger charge is -2.21. The predicted octanol–water partition coefficient (Wildman–Crippen LogP) is 2.30. The van der Waals surface area contributed by atoms with Crippen molar-refractivity contribution in [2.45, 2.75) is 12.2 Å². The zero-order chi connectivity index (χ0) is 12.4. The zero-order valence-electron chi connectivity index (χ0n) is 10.3. The number of aromatic nitrogens is 3. The molecule has 1 fully saturated rings. The Morgan fingerprint density at radius 2 is 2.44 bits per heavy atom. The molecule has 2 aromatic heterocycles. The summed E-state index contributed by atoms with van der Waals surface area (Å²) in [6, 6.07) is 2.07. The lowest BCUT2D eigenvalue weighted by atomic mass is 10.4. The molecule has 0 aromatic carbocycles. The Hall–Kier alpha value is -0.880. The molecule has 0 aliphatic carbocycles. The van der Waals surface area contributed by atoms with Crippen LogP contribution in [-0.4, -0.2) is 43.7 Å². The summed E-state index contributed by atoms with van der Waals surface area (Å²) in [5, 5.41) is 8.55. The maximum atomic E-state index is 4.42. The second kappa shape index (κ2) is 5.40. The number of nitrogens with zero attached hydrogens (tertiary/aromatic N) is 3. The Balaban J connectivity index is 1.73. The number of hydrogen-bond acceptors (Lipinski definition) is 5. The van der Waals surface area contributed by atoms with Crippen molar-refractivity contribution in [3.63, 3.8) is 0 Å². The standard InChI is InChI=1S/C12H16N4S2/c1-9-6-11-12(13-2-3-16(11)15-9)14-7-10-8-17-4-5-18-10/h2-3,6,10H,4-5,7-8H2,1H3,(H,13,14). The van der Waals surface area contributed by atoms with Gasteiger partial charge in [0.15, 0.2) is 5.82 Å². The van der Waals surface area contributed by atoms with Crippen molar-refractivity contribution < 1.29 is 0 Å². The Labute approximate surface area is 115 Å². The van der Waals surface area contributed by atoms with E-state index in [1.54, 1.807) is 6.20 Å². The van der Waals surface area contributed by atoms with E-state index >= 15 is 0 Å². The summed E-state index contributed by atoms with van der Waals surface area (Å²) in [5.41, 5.74) is 2.08. The van der Waals surface area contributed by atoms with Gasteiger partial charge in [0.2, 0.25) is 0 Å². The molecular formula is C12H16N4S2. The van der Waals surface area contributed by atoms with Gasteiger partial charge in [0, 0.05) is 41.4 Å². The van der Waals surface area contributed by atoms with Crippen LogP contribution in [-0.2, 0) is 0 Å². The first-order chi connectivity index (χ1) is 8.83. The van der Waals surface area contributed by atoms with Gasteiger partial charge < -0.3 is 5.32 Å². The second-order valence-corrected chi connectivity index (χ2v) is 6.90. The van der Waals surface area contributed by atoms with Crippen LogP contribution < -0.4 is 5.32 Å². The summed E-state index contributed by atoms with van der Waals surface area (Å²) >= 11 is 4.11. The number of fused-ring (bicyclic) bond motifs is 1. The van der Waals surface area contributed by atoms with E-state index in [1.807, 2.05) is 29.4 Å². The summed E-state index contributed by atoms with van der Waals surface area (Å²) in [7, 11) is 0. The van der Waals surface area contributed by atoms with E-state index in [4.69, 9.17) is 0 Å². The Kier molecular flexibility index (Phi) is 3.65. The van der Waals surface area contributed by atoms with Crippen molar-refractivity contribution in [3.05, 3.63) is 24.2 Å². The summed E-state index contributed by atoms with van der Waals surface area (Å²) in [4.78, 5) is 4.42. The summed E-state index contributed by atoms with van der Waals surface area (Å²) in [5.74, 6) is 4.73. The third-order valence-corrected chi connectivity index (χ3v) is 5.74. The quantitative estimate of drug-likeness (QED) is 0.934. The highest BCUT2D eigenvalue weighted by molar-refractivity contribution is 8.06. The topological polar surface area (TPSA) is 42.2 Å². The molecule has 96 valence electrons. The molecular weight excluding hydrogens is 264 g/mol. The fraction of sp³-hybridized carbons (Fsp3) is 0.500. The molecule has 0 bridgehead atoms. The molecule has 1 aliphatic rings. The first-order valence-electron chi connectivity index (χ1n) is 6.07. The second-order valence-electron chi connectivity index (χ2n) is 4.34. The number of hydrogen-bond donors (Lipinski definition) is 1. The number of rotatable bonds is 3. The molecule has 18 heavy (non-hydrogen) atoms. The van der Waals surface area contributed by atoms with Gasteiger partial charge in [-0.2, -0.15) is 28.6 Å². The number of anilines is 1. The van der Waals surface area contributed by atoms with Crippen LogP contribution in [0.4, 0.5) is 5.82 Å². The van der Waals surface area contributed by atoms with E-state index < -0.39 is 0 Å². The van der Waals surface area contributed by atoms with Gasteiger partial charge in [0.1, 0.15) is 5.52 Å². The molecule has 1 aliphatic heterocycles. The minimum atomic E-state index is 0.690. The SMILES string of the molecule is Cc1cc2c(NCC3CSCCS3)nccn2n1. The first-order valence-corrected chi connectivity index (χ1v) is 8.27. The van der Waals surface area contributed by atoms with Crippen LogP contribution in [0.3, 0.4) is 0 Å². The highest BCUT2D eigenvalue weighted by Gasteiger charge is 2.14. The van der Waals surface area contributed by atoms with Crippen LogP contribution in [0.15, 0.2) is 18.5 Å². The summed E-state index contributed by atoms with van der Waals surface area (Å²) in [6.45, 7) is 2.99. The molecule has 2 aromatic rings. The minimum Gasteiger partial charge on any atom is -0.367 e. The van der Waals surface area contributed by atoms with Crippen LogP contribution in [0.5, 0.6) is 0 Å². The molecule has 1 saturated heterocycles. The predicted molar refractivity (Wildman–Crippen MR) is 79.8 cm³/mol. The molecule has 1 unspecified atom stereocenters. The van der Waals surface area contributed by atoms with Crippen LogP contribution >= 0.6 is 23.5 Å². The van der Waals surface area contributed by atoms with Gasteiger partial charge in [-0.05, 0) is 13.0 Å². The van der Waals surface area contributed by atoms with Gasteiger partial charge in [-0.25, -0.2) is 9.50 Å². The number of aryl methyl sites for hydroxylation is 1. The third-order valence-electron chi connectivity index (χ3n) is 2.89. The fourth-order valence-electron chi connectivity index (χ4n) is 2.05. The molecule has 0 amide bonds. The van der Waals surface area contributed by atoms with Gasteiger partial charge in [0.25, 0.3) is 0 Å². The van der Waals surface area contributed by atoms with Crippen LogP contribution in [0.1, 0.15) is 5.69 Å². The smallest absolute Gasteiger partial charge is 0.152 e. The molecule has 0 spiro atoms. The van der Waals surface area contributed by atoms with Gasteiger partial charge in [-0.15, -0.1) is 0 Å². The highest BCUT2D eigenvalue weighted by Crippen LogP contribution is 2.24. The molecule has 1 atom stereocenters. The van der Waals surface area contributed by atoms with Crippen molar-refractivity contribution in [3.8, 4) is 0 Å². The van der Waals surface area contributed by atoms with Crippen LogP contribution in [0.25, 0.3) is 5.52 Å². The first kappa shape index (κ1) is 12.2. The van der Waals surface area contributed by atoms with E-state index in [9.17, 15) is 0 Å². The molecule has 1 N–H and O–H groups in total. The van der Waals surface area contributed by atoms with Gasteiger partial charge in [-0.3, -0.25) is 0 Å². The van der Waals surface area contributed by atoms with E-state index in [1.165, 1.54) is 17.3 Å². The lowest BCUT2D eigenvalue weighted by Crippen LogP contribution is -2.23. The van der Waals surface area contributed by atoms with Gasteiger partial charge >= 0.3 is 0 Å². The molecule has 0 saturated carbocycles. The van der Waals surface area contributed by atoms with Crippen LogP contribution in [0.2, 0.25) is 0 Å². The van der Waals surface area contributed by atoms with E-state index in [0.29, 0.717) is 5.25 Å². The van der Waals surface area contributed by atoms with E-state index in [2.05, 4.69) is 33.2 Å². The highest BCUT2D eigenvalue weighted by atomic mass is 32.2. The monoisotopic (exact) mass is 280 g/mol. The average molecular weight is 280 g/mol. The summed E-state index contributed by atoms with van der Waals surface area (Å²) in [6.07, 6.45) is 3.68. The Morgan fingerprint density at radius 3 is 3.28 bits per heavy atom. The largest absolute Gasteiger partial charge is 0.367 e. The maximum Gasteiger partial charge on any atom is 0.152 e. The Morgan fingerprint density at radius 1 is 1.50 bits per heavy atom. The minimum absolute atomic E-state index is 0.690. The maximum absolute atomic E-state index is 4.42. The molecule has 6 heteroatoms. The summed E-state index contributed by atoms with van der Waals surface area (Å²) < 4.78 is 1.88. The number of thioether (sulfide) groups is 2.